The van der Waals surface area contributed by atoms with Crippen molar-refractivity contribution in [2.24, 2.45) is 5.73 Å². The van der Waals surface area contributed by atoms with Crippen molar-refractivity contribution in [3.63, 3.8) is 0 Å². The fourth-order valence-corrected chi connectivity index (χ4v) is 9.81. The van der Waals surface area contributed by atoms with Crippen LogP contribution in [0.15, 0.2) is 48.5 Å². The highest BCUT2D eigenvalue weighted by molar-refractivity contribution is 5.68. The number of fused-ring (bicyclic) bond motifs is 2. The minimum atomic E-state index is -4.51. The molecule has 3 N–H and O–H groups in total. The zero-order valence-corrected chi connectivity index (χ0v) is 35.4. The summed E-state index contributed by atoms with van der Waals surface area (Å²) in [6.07, 6.45) is -3.99. The average Bonchev–Trinajstić information content (AvgIpc) is 4.01. The fraction of sp³-hybridized carbons (Fsp3) is 0.605. The molecular formula is C43H56F6N10O2. The zero-order valence-electron chi connectivity index (χ0n) is 35.4. The molecule has 4 heterocycles. The summed E-state index contributed by atoms with van der Waals surface area (Å²) in [5.41, 5.74) is 10.1. The van der Waals surface area contributed by atoms with E-state index >= 15 is 0 Å². The van der Waals surface area contributed by atoms with Gasteiger partial charge in [0.1, 0.15) is 17.2 Å². The van der Waals surface area contributed by atoms with E-state index < -0.39 is 35.7 Å². The summed E-state index contributed by atoms with van der Waals surface area (Å²) >= 11 is 0. The molecule has 61 heavy (non-hydrogen) atoms. The van der Waals surface area contributed by atoms with Gasteiger partial charge in [-0.15, -0.1) is 20.4 Å². The number of aromatic nitrogens is 6. The molecule has 0 saturated heterocycles. The second-order valence-corrected chi connectivity index (χ2v) is 18.3. The van der Waals surface area contributed by atoms with Crippen LogP contribution in [0, 0.1) is 13.8 Å². The molecule has 332 valence electrons. The number of carbonyl (C=O) groups excluding carboxylic acids is 1. The summed E-state index contributed by atoms with van der Waals surface area (Å²) in [5, 5.41) is 17.4. The number of aryl methyl sites for hydroxylation is 2. The maximum Gasteiger partial charge on any atom is 0.451 e. The van der Waals surface area contributed by atoms with E-state index in [1.54, 1.807) is 0 Å². The molecule has 8 rings (SSSR count). The Morgan fingerprint density at radius 3 is 1.64 bits per heavy atom. The lowest BCUT2D eigenvalue weighted by Gasteiger charge is -2.35. The minimum absolute atomic E-state index is 0.0566. The predicted molar refractivity (Wildman–Crippen MR) is 215 cm³/mol. The summed E-state index contributed by atoms with van der Waals surface area (Å²) < 4.78 is 86.5. The summed E-state index contributed by atoms with van der Waals surface area (Å²) in [6, 6.07) is 17.3. The van der Waals surface area contributed by atoms with Crippen LogP contribution in [0.2, 0.25) is 0 Å². The van der Waals surface area contributed by atoms with Gasteiger partial charge in [0.25, 0.3) is 0 Å². The normalized spacial score (nSPS) is 24.8. The fourth-order valence-electron chi connectivity index (χ4n) is 9.81. The molecule has 2 fully saturated rings. The van der Waals surface area contributed by atoms with Crippen molar-refractivity contribution in [1.82, 2.24) is 44.6 Å². The van der Waals surface area contributed by atoms with E-state index in [0.717, 1.165) is 49.7 Å². The molecule has 4 unspecified atom stereocenters. The van der Waals surface area contributed by atoms with E-state index in [2.05, 4.69) is 78.8 Å². The molecule has 4 aromatic rings. The highest BCUT2D eigenvalue weighted by Gasteiger charge is 2.47. The molecule has 0 bridgehead atoms. The van der Waals surface area contributed by atoms with Crippen molar-refractivity contribution in [2.75, 3.05) is 26.2 Å². The molecule has 1 amide bonds. The first-order valence-electron chi connectivity index (χ1n) is 21.0. The number of carbonyl (C=O) groups is 1. The Hall–Kier alpha value is -4.55. The van der Waals surface area contributed by atoms with Crippen LogP contribution >= 0.6 is 0 Å². The zero-order chi connectivity index (χ0) is 44.0. The molecule has 4 atom stereocenters. The van der Waals surface area contributed by atoms with E-state index in [-0.39, 0.29) is 30.0 Å². The Bertz CT molecular complexity index is 2180. The molecule has 2 aliphatic carbocycles. The molecule has 12 nitrogen and oxygen atoms in total. The number of nitrogens with zero attached hydrogens (tertiary/aromatic N) is 8. The minimum Gasteiger partial charge on any atom is -0.444 e. The molecule has 0 spiro atoms. The second-order valence-electron chi connectivity index (χ2n) is 18.3. The summed E-state index contributed by atoms with van der Waals surface area (Å²) in [6.45, 7) is 12.9. The van der Waals surface area contributed by atoms with Crippen molar-refractivity contribution >= 4 is 6.09 Å². The number of amides is 1. The van der Waals surface area contributed by atoms with Crippen molar-refractivity contribution in [3.8, 4) is 0 Å². The third-order valence-electron chi connectivity index (χ3n) is 12.9. The topological polar surface area (TPSA) is 132 Å². The number of hydrogen-bond acceptors (Lipinski definition) is 9. The Morgan fingerprint density at radius 2 is 1.20 bits per heavy atom. The number of alkyl carbamates (subject to hydrolysis) is 1. The van der Waals surface area contributed by atoms with Gasteiger partial charge in [-0.2, -0.15) is 26.3 Å². The maximum absolute atomic E-state index is 13.2. The van der Waals surface area contributed by atoms with Crippen LogP contribution in [0.25, 0.3) is 0 Å². The van der Waals surface area contributed by atoms with E-state index in [4.69, 9.17) is 10.5 Å². The monoisotopic (exact) mass is 858 g/mol. The highest BCUT2D eigenvalue weighted by atomic mass is 19.4. The molecule has 2 aliphatic heterocycles. The van der Waals surface area contributed by atoms with Crippen LogP contribution in [-0.2, 0) is 54.1 Å². The smallest absolute Gasteiger partial charge is 0.444 e. The van der Waals surface area contributed by atoms with Gasteiger partial charge in [-0.05, 0) is 84.3 Å². The Labute approximate surface area is 352 Å². The SMILES string of the molecule is Cc1cccc(C2(CN)CCC(N3CCn4c(nnc4C(F)(F)F)C3)C2)c1.Cc1cccc(C2(CNC(=O)OC(C)(C)C)CCC(N3CCn4c(nnc4C(F)(F)F)C3)C2)c1. The summed E-state index contributed by atoms with van der Waals surface area (Å²) in [5.74, 6) is -1.07. The van der Waals surface area contributed by atoms with Crippen molar-refractivity contribution < 1.29 is 35.9 Å². The third-order valence-corrected chi connectivity index (χ3v) is 12.9. The van der Waals surface area contributed by atoms with E-state index in [0.29, 0.717) is 57.0 Å². The quantitative estimate of drug-likeness (QED) is 0.184. The van der Waals surface area contributed by atoms with Gasteiger partial charge in [0.2, 0.25) is 11.6 Å². The average molecular weight is 859 g/mol. The van der Waals surface area contributed by atoms with Gasteiger partial charge in [-0.25, -0.2) is 4.79 Å². The first kappa shape index (κ1) is 44.5. The third kappa shape index (κ3) is 9.75. The number of nitrogens with one attached hydrogen (secondary N) is 1. The van der Waals surface area contributed by atoms with Gasteiger partial charge in [-0.1, -0.05) is 59.7 Å². The van der Waals surface area contributed by atoms with E-state index in [1.807, 2.05) is 39.8 Å². The van der Waals surface area contributed by atoms with Gasteiger partial charge >= 0.3 is 18.4 Å². The molecule has 2 aromatic heterocycles. The summed E-state index contributed by atoms with van der Waals surface area (Å²) in [4.78, 5) is 16.9. The molecule has 18 heteroatoms. The van der Waals surface area contributed by atoms with Crippen molar-refractivity contribution in [2.45, 2.75) is 140 Å². The van der Waals surface area contributed by atoms with Crippen LogP contribution in [0.5, 0.6) is 0 Å². The van der Waals surface area contributed by atoms with E-state index in [1.165, 1.54) is 20.3 Å². The lowest BCUT2D eigenvalue weighted by atomic mass is 9.78. The number of nitrogens with two attached hydrogens (primary N) is 1. The number of alkyl halides is 6. The van der Waals surface area contributed by atoms with Gasteiger partial charge in [-0.3, -0.25) is 9.80 Å². The van der Waals surface area contributed by atoms with Crippen LogP contribution in [0.3, 0.4) is 0 Å². The number of rotatable bonds is 7. The summed E-state index contributed by atoms with van der Waals surface area (Å²) in [7, 11) is 0. The number of hydrogen-bond donors (Lipinski definition) is 2. The van der Waals surface area contributed by atoms with Crippen LogP contribution in [0.4, 0.5) is 31.1 Å². The Balaban J connectivity index is 0.000000189. The van der Waals surface area contributed by atoms with Gasteiger partial charge in [0, 0.05) is 62.2 Å². The van der Waals surface area contributed by atoms with Crippen LogP contribution < -0.4 is 11.1 Å². The first-order chi connectivity index (χ1) is 28.7. The second kappa shape index (κ2) is 17.0. The Kier molecular flexibility index (Phi) is 12.4. The molecular weight excluding hydrogens is 803 g/mol. The predicted octanol–water partition coefficient (Wildman–Crippen LogP) is 7.31. The lowest BCUT2D eigenvalue weighted by molar-refractivity contribution is -0.148. The van der Waals surface area contributed by atoms with Gasteiger partial charge in [0.15, 0.2) is 0 Å². The highest BCUT2D eigenvalue weighted by Crippen LogP contribution is 2.45. The lowest BCUT2D eigenvalue weighted by Crippen LogP contribution is -2.44. The molecule has 4 aliphatic rings. The number of benzene rings is 2. The van der Waals surface area contributed by atoms with Crippen molar-refractivity contribution in [1.29, 1.82) is 0 Å². The van der Waals surface area contributed by atoms with E-state index in [9.17, 15) is 31.1 Å². The van der Waals surface area contributed by atoms with Gasteiger partial charge < -0.3 is 24.9 Å². The number of ether oxygens (including phenoxy) is 1. The van der Waals surface area contributed by atoms with Crippen LogP contribution in [0.1, 0.15) is 105 Å². The molecule has 0 radical (unpaired) electrons. The number of halogens is 6. The molecule has 2 aromatic carbocycles. The van der Waals surface area contributed by atoms with Gasteiger partial charge in [0.05, 0.1) is 13.1 Å². The maximum atomic E-state index is 13.2. The van der Waals surface area contributed by atoms with Crippen LogP contribution in [-0.4, -0.2) is 89.3 Å². The van der Waals surface area contributed by atoms with Crippen molar-refractivity contribution in [3.05, 3.63) is 94.1 Å². The standard InChI is InChI=1S/C24H32F3N5O2.C19H24F3N5/c1-16-6-5-7-17(12-16)23(15-28-21(33)34-22(2,3)4)9-8-18(13-23)31-10-11-32-19(14-31)29-30-20(32)24(25,26)27;1-13-3-2-4-14(9-13)18(12-23)6-5-15(10-18)26-7-8-27-16(11-26)24-25-17(27)19(20,21)22/h5-7,12,18H,8-11,13-15H2,1-4H3,(H,28,33);2-4,9,15H,5-8,10-12,23H2,1H3. The largest absolute Gasteiger partial charge is 0.451 e. The Morgan fingerprint density at radius 1 is 0.738 bits per heavy atom. The first-order valence-corrected chi connectivity index (χ1v) is 21.0. The molecule has 2 saturated carbocycles.